The number of hydrogen-bond acceptors (Lipinski definition) is 3. The molecule has 0 aromatic carbocycles. The van der Waals surface area contributed by atoms with Crippen LogP contribution in [0.25, 0.3) is 0 Å². The Morgan fingerprint density at radius 1 is 1.23 bits per heavy atom. The van der Waals surface area contributed by atoms with E-state index in [-0.39, 0.29) is 6.10 Å². The van der Waals surface area contributed by atoms with E-state index in [1.807, 2.05) is 0 Å². The molecular formula is C10H20N2O. The molecule has 0 amide bonds. The van der Waals surface area contributed by atoms with Crippen LogP contribution in [0.3, 0.4) is 0 Å². The molecule has 2 N–H and O–H groups in total. The molecule has 0 radical (unpaired) electrons. The lowest BCUT2D eigenvalue weighted by Gasteiger charge is -2.36. The lowest BCUT2D eigenvalue weighted by Crippen LogP contribution is -2.47. The minimum atomic E-state index is -0.0408. The molecule has 0 unspecified atom stereocenters. The number of nitrogens with one attached hydrogen (secondary N) is 1. The summed E-state index contributed by atoms with van der Waals surface area (Å²) in [6.45, 7) is 5.59. The highest BCUT2D eigenvalue weighted by Crippen LogP contribution is 2.19. The normalized spacial score (nSPS) is 38.3. The van der Waals surface area contributed by atoms with Crippen LogP contribution in [0.1, 0.15) is 26.2 Å². The van der Waals surface area contributed by atoms with Crippen molar-refractivity contribution in [1.82, 2.24) is 10.2 Å². The lowest BCUT2D eigenvalue weighted by atomic mass is 10.0. The van der Waals surface area contributed by atoms with Gasteiger partial charge < -0.3 is 10.4 Å². The summed E-state index contributed by atoms with van der Waals surface area (Å²) >= 11 is 0. The Hall–Kier alpha value is -0.120. The molecule has 2 saturated heterocycles. The van der Waals surface area contributed by atoms with E-state index >= 15 is 0 Å². The zero-order chi connectivity index (χ0) is 9.26. The number of aliphatic hydroxyl groups excluding tert-OH is 1. The molecule has 3 nitrogen and oxygen atoms in total. The van der Waals surface area contributed by atoms with Crippen LogP contribution in [-0.4, -0.2) is 47.8 Å². The molecule has 2 fully saturated rings. The van der Waals surface area contributed by atoms with E-state index in [0.717, 1.165) is 32.5 Å². The summed E-state index contributed by atoms with van der Waals surface area (Å²) in [5.41, 5.74) is 0. The highest BCUT2D eigenvalue weighted by molar-refractivity contribution is 4.89. The van der Waals surface area contributed by atoms with Crippen molar-refractivity contribution in [3.05, 3.63) is 0 Å². The Labute approximate surface area is 80.1 Å². The van der Waals surface area contributed by atoms with E-state index in [1.54, 1.807) is 0 Å². The van der Waals surface area contributed by atoms with Crippen LogP contribution in [-0.2, 0) is 0 Å². The summed E-state index contributed by atoms with van der Waals surface area (Å²) in [5, 5.41) is 12.9. The van der Waals surface area contributed by atoms with Crippen molar-refractivity contribution >= 4 is 0 Å². The maximum Gasteiger partial charge on any atom is 0.0564 e. The van der Waals surface area contributed by atoms with Gasteiger partial charge in [0.1, 0.15) is 0 Å². The van der Waals surface area contributed by atoms with Crippen molar-refractivity contribution in [2.75, 3.05) is 19.6 Å². The molecule has 2 aliphatic rings. The second-order valence-corrected chi connectivity index (χ2v) is 4.37. The molecule has 0 aliphatic carbocycles. The summed E-state index contributed by atoms with van der Waals surface area (Å²) in [5.74, 6) is 0. The molecule has 0 spiro atoms. The number of rotatable bonds is 1. The standard InChI is InChI=1S/C10H20N2O/c1-8-10(2-5-11-8)12-6-3-9(13)4-7-12/h8-11,13H,2-7H2,1H3/t8-,10-/m1/s1. The Balaban J connectivity index is 1.86. The molecule has 2 heterocycles. The summed E-state index contributed by atoms with van der Waals surface area (Å²) < 4.78 is 0. The Morgan fingerprint density at radius 2 is 1.92 bits per heavy atom. The van der Waals surface area contributed by atoms with Crippen LogP contribution < -0.4 is 5.32 Å². The number of piperidine rings is 1. The van der Waals surface area contributed by atoms with Crippen molar-refractivity contribution in [3.8, 4) is 0 Å². The second kappa shape index (κ2) is 3.95. The molecule has 0 bridgehead atoms. The van der Waals surface area contributed by atoms with E-state index < -0.39 is 0 Å². The monoisotopic (exact) mass is 184 g/mol. The molecule has 0 aromatic rings. The average Bonchev–Trinajstić information content (AvgIpc) is 2.53. The predicted octanol–water partition coefficient (Wildman–Crippen LogP) is 0.193. The van der Waals surface area contributed by atoms with Crippen molar-refractivity contribution in [2.24, 2.45) is 0 Å². The lowest BCUT2D eigenvalue weighted by molar-refractivity contribution is 0.0587. The van der Waals surface area contributed by atoms with Crippen LogP contribution >= 0.6 is 0 Å². The smallest absolute Gasteiger partial charge is 0.0564 e. The third-order valence-corrected chi connectivity index (χ3v) is 3.45. The predicted molar refractivity (Wildman–Crippen MR) is 52.7 cm³/mol. The molecule has 76 valence electrons. The first-order valence-corrected chi connectivity index (χ1v) is 5.43. The molecule has 2 rings (SSSR count). The maximum absolute atomic E-state index is 9.39. The minimum Gasteiger partial charge on any atom is -0.393 e. The van der Waals surface area contributed by atoms with Gasteiger partial charge in [-0.05, 0) is 32.7 Å². The highest BCUT2D eigenvalue weighted by Gasteiger charge is 2.30. The van der Waals surface area contributed by atoms with Crippen molar-refractivity contribution in [2.45, 2.75) is 44.4 Å². The van der Waals surface area contributed by atoms with Gasteiger partial charge in [-0.15, -0.1) is 0 Å². The molecule has 13 heavy (non-hydrogen) atoms. The van der Waals surface area contributed by atoms with Gasteiger partial charge in [-0.1, -0.05) is 0 Å². The first-order valence-electron chi connectivity index (χ1n) is 5.43. The molecule has 3 heteroatoms. The summed E-state index contributed by atoms with van der Waals surface area (Å²) in [6.07, 6.45) is 3.16. The fourth-order valence-electron chi connectivity index (χ4n) is 2.56. The van der Waals surface area contributed by atoms with Crippen molar-refractivity contribution in [3.63, 3.8) is 0 Å². The summed E-state index contributed by atoms with van der Waals surface area (Å²) in [6, 6.07) is 1.35. The Morgan fingerprint density at radius 3 is 2.46 bits per heavy atom. The van der Waals surface area contributed by atoms with Crippen LogP contribution in [0.2, 0.25) is 0 Å². The third-order valence-electron chi connectivity index (χ3n) is 3.45. The van der Waals surface area contributed by atoms with Gasteiger partial charge in [0.2, 0.25) is 0 Å². The van der Waals surface area contributed by atoms with E-state index in [4.69, 9.17) is 0 Å². The third kappa shape index (κ3) is 2.03. The number of hydrogen-bond donors (Lipinski definition) is 2. The quantitative estimate of drug-likeness (QED) is 0.611. The van der Waals surface area contributed by atoms with Crippen molar-refractivity contribution in [1.29, 1.82) is 0 Å². The van der Waals surface area contributed by atoms with Gasteiger partial charge in [0.25, 0.3) is 0 Å². The number of aliphatic hydroxyl groups is 1. The first-order chi connectivity index (χ1) is 6.27. The SMILES string of the molecule is C[C@H]1NCC[C@H]1N1CCC(O)CC1. The van der Waals surface area contributed by atoms with E-state index in [2.05, 4.69) is 17.1 Å². The van der Waals surface area contributed by atoms with Crippen molar-refractivity contribution < 1.29 is 5.11 Å². The van der Waals surface area contributed by atoms with Crippen LogP contribution in [0.4, 0.5) is 0 Å². The zero-order valence-electron chi connectivity index (χ0n) is 8.37. The van der Waals surface area contributed by atoms with E-state index in [0.29, 0.717) is 12.1 Å². The van der Waals surface area contributed by atoms with Gasteiger partial charge >= 0.3 is 0 Å². The highest BCUT2D eigenvalue weighted by atomic mass is 16.3. The molecule has 2 atom stereocenters. The van der Waals surface area contributed by atoms with Gasteiger partial charge in [-0.25, -0.2) is 0 Å². The summed E-state index contributed by atoms with van der Waals surface area (Å²) in [7, 11) is 0. The maximum atomic E-state index is 9.39. The number of nitrogens with zero attached hydrogens (tertiary/aromatic N) is 1. The molecular weight excluding hydrogens is 164 g/mol. The average molecular weight is 184 g/mol. The van der Waals surface area contributed by atoms with Gasteiger partial charge in [-0.2, -0.15) is 0 Å². The minimum absolute atomic E-state index is 0.0408. The van der Waals surface area contributed by atoms with Gasteiger partial charge in [-0.3, -0.25) is 4.90 Å². The molecule has 0 aromatic heterocycles. The van der Waals surface area contributed by atoms with Gasteiger partial charge in [0.05, 0.1) is 6.10 Å². The fourth-order valence-corrected chi connectivity index (χ4v) is 2.56. The fraction of sp³-hybridized carbons (Fsp3) is 1.00. The van der Waals surface area contributed by atoms with E-state index in [1.165, 1.54) is 6.42 Å². The van der Waals surface area contributed by atoms with E-state index in [9.17, 15) is 5.11 Å². The second-order valence-electron chi connectivity index (χ2n) is 4.37. The molecule has 2 aliphatic heterocycles. The summed E-state index contributed by atoms with van der Waals surface area (Å²) in [4.78, 5) is 2.54. The topological polar surface area (TPSA) is 35.5 Å². The van der Waals surface area contributed by atoms with Crippen LogP contribution in [0.15, 0.2) is 0 Å². The Kier molecular flexibility index (Phi) is 2.86. The van der Waals surface area contributed by atoms with Crippen LogP contribution in [0.5, 0.6) is 0 Å². The zero-order valence-corrected chi connectivity index (χ0v) is 8.37. The Bertz CT molecular complexity index is 166. The van der Waals surface area contributed by atoms with Gasteiger partial charge in [0, 0.05) is 25.2 Å². The van der Waals surface area contributed by atoms with Gasteiger partial charge in [0.15, 0.2) is 0 Å². The largest absolute Gasteiger partial charge is 0.393 e. The molecule has 0 saturated carbocycles. The first kappa shape index (κ1) is 9.44. The van der Waals surface area contributed by atoms with Crippen LogP contribution in [0, 0.1) is 0 Å². The number of likely N-dealkylation sites (tertiary alicyclic amines) is 1.